The molecule has 1 fully saturated rings. The van der Waals surface area contributed by atoms with Crippen molar-refractivity contribution in [2.75, 3.05) is 13.1 Å². The van der Waals surface area contributed by atoms with Gasteiger partial charge in [0, 0.05) is 43.7 Å². The fourth-order valence-electron chi connectivity index (χ4n) is 2.78. The quantitative estimate of drug-likeness (QED) is 0.931. The van der Waals surface area contributed by atoms with Gasteiger partial charge in [0.25, 0.3) is 0 Å². The first-order chi connectivity index (χ1) is 11.3. The predicted molar refractivity (Wildman–Crippen MR) is 83.3 cm³/mol. The molecule has 0 spiro atoms. The van der Waals surface area contributed by atoms with Crippen molar-refractivity contribution < 1.29 is 18.0 Å². The molecule has 1 aliphatic heterocycles. The summed E-state index contributed by atoms with van der Waals surface area (Å²) in [7, 11) is 0. The maximum absolute atomic E-state index is 12.6. The number of aryl methyl sites for hydroxylation is 1. The molecule has 1 aromatic carbocycles. The maximum Gasteiger partial charge on any atom is 0.416 e. The lowest BCUT2D eigenvalue weighted by molar-refractivity contribution is -0.137. The van der Waals surface area contributed by atoms with E-state index < -0.39 is 11.7 Å². The Balaban J connectivity index is 1.75. The number of piperidine rings is 1. The van der Waals surface area contributed by atoms with Crippen LogP contribution in [0.1, 0.15) is 29.8 Å². The summed E-state index contributed by atoms with van der Waals surface area (Å²) in [4.78, 5) is 21.1. The molecule has 1 saturated heterocycles. The Morgan fingerprint density at radius 2 is 1.79 bits per heavy atom. The molecule has 1 aliphatic rings. The fourth-order valence-corrected chi connectivity index (χ4v) is 2.78. The van der Waals surface area contributed by atoms with E-state index in [1.807, 2.05) is 6.92 Å². The monoisotopic (exact) mass is 337 g/mol. The minimum Gasteiger partial charge on any atom is -0.342 e. The summed E-state index contributed by atoms with van der Waals surface area (Å²) in [6, 6.07) is 4.96. The van der Waals surface area contributed by atoms with Crippen LogP contribution in [0.15, 0.2) is 24.3 Å². The molecule has 0 saturated carbocycles. The van der Waals surface area contributed by atoms with Crippen molar-refractivity contribution in [2.45, 2.75) is 32.5 Å². The second-order valence-electron chi connectivity index (χ2n) is 6.05. The highest BCUT2D eigenvalue weighted by Gasteiger charge is 2.30. The highest BCUT2D eigenvalue weighted by molar-refractivity contribution is 5.79. The first-order valence-corrected chi connectivity index (χ1v) is 7.80. The molecule has 1 N–H and O–H groups in total. The first kappa shape index (κ1) is 16.7. The van der Waals surface area contributed by atoms with Crippen LogP contribution in [0.5, 0.6) is 0 Å². The van der Waals surface area contributed by atoms with Gasteiger partial charge in [-0.3, -0.25) is 9.69 Å². The van der Waals surface area contributed by atoms with Gasteiger partial charge in [-0.05, 0) is 19.1 Å². The number of aromatic amines is 1. The molecule has 0 bridgehead atoms. The van der Waals surface area contributed by atoms with E-state index in [1.165, 1.54) is 12.1 Å². The number of carbonyl (C=O) groups excluding carboxylic acids is 1. The summed E-state index contributed by atoms with van der Waals surface area (Å²) in [6.07, 6.45) is -3.21. The lowest BCUT2D eigenvalue weighted by Crippen LogP contribution is -2.33. The number of ketones is 1. The lowest BCUT2D eigenvalue weighted by Gasteiger charge is -2.25. The van der Waals surface area contributed by atoms with E-state index in [4.69, 9.17) is 0 Å². The van der Waals surface area contributed by atoms with Crippen molar-refractivity contribution in [1.29, 1.82) is 0 Å². The number of hydrogen-bond acceptors (Lipinski definition) is 3. The predicted octanol–water partition coefficient (Wildman–Crippen LogP) is 3.57. The van der Waals surface area contributed by atoms with E-state index >= 15 is 0 Å². The van der Waals surface area contributed by atoms with Gasteiger partial charge in [-0.1, -0.05) is 12.1 Å². The highest BCUT2D eigenvalue weighted by Crippen LogP contribution is 2.30. The Hall–Kier alpha value is -2.15. The number of imidazole rings is 1. The van der Waals surface area contributed by atoms with Gasteiger partial charge in [-0.25, -0.2) is 4.98 Å². The van der Waals surface area contributed by atoms with Crippen LogP contribution in [0.4, 0.5) is 13.2 Å². The second kappa shape index (κ2) is 6.39. The summed E-state index contributed by atoms with van der Waals surface area (Å²) in [5.74, 6) is 0.847. The lowest BCUT2D eigenvalue weighted by atomic mass is 10.1. The van der Waals surface area contributed by atoms with E-state index in [2.05, 4.69) is 14.9 Å². The van der Waals surface area contributed by atoms with Crippen LogP contribution >= 0.6 is 0 Å². The Labute approximate surface area is 137 Å². The molecule has 1 aromatic heterocycles. The fraction of sp³-hybridized carbons (Fsp3) is 0.412. The van der Waals surface area contributed by atoms with E-state index in [-0.39, 0.29) is 5.78 Å². The molecule has 128 valence electrons. The normalized spacial score (nSPS) is 16.6. The van der Waals surface area contributed by atoms with Crippen molar-refractivity contribution in [1.82, 2.24) is 14.9 Å². The number of nitrogens with zero attached hydrogens (tertiary/aromatic N) is 2. The number of H-pyrrole nitrogens is 1. The number of hydrogen-bond donors (Lipinski definition) is 1. The van der Waals surface area contributed by atoms with Crippen molar-refractivity contribution in [3.63, 3.8) is 0 Å². The van der Waals surface area contributed by atoms with Crippen LogP contribution in [-0.4, -0.2) is 33.7 Å². The molecule has 0 unspecified atom stereocenters. The third-order valence-electron chi connectivity index (χ3n) is 4.26. The summed E-state index contributed by atoms with van der Waals surface area (Å²) >= 11 is 0. The Bertz CT molecular complexity index is 725. The third kappa shape index (κ3) is 3.67. The van der Waals surface area contributed by atoms with Crippen LogP contribution in [-0.2, 0) is 17.5 Å². The number of likely N-dealkylation sites (tertiary alicyclic amines) is 1. The summed E-state index contributed by atoms with van der Waals surface area (Å²) in [5.41, 5.74) is 1.69. The molecule has 0 radical (unpaired) electrons. The summed E-state index contributed by atoms with van der Waals surface area (Å²) < 4.78 is 37.9. The number of benzene rings is 1. The number of aromatic nitrogens is 2. The number of nitrogens with one attached hydrogen (secondary N) is 1. The highest BCUT2D eigenvalue weighted by atomic mass is 19.4. The molecule has 3 rings (SSSR count). The summed E-state index contributed by atoms with van der Waals surface area (Å²) in [5, 5.41) is 0. The van der Waals surface area contributed by atoms with Crippen molar-refractivity contribution >= 4 is 5.78 Å². The SMILES string of the molecule is Cc1[nH]c(-c2ccc(C(F)(F)F)cc2)nc1CN1CCC(=O)CC1. The zero-order valence-corrected chi connectivity index (χ0v) is 13.3. The van der Waals surface area contributed by atoms with Gasteiger partial charge in [-0.15, -0.1) is 0 Å². The van der Waals surface area contributed by atoms with Gasteiger partial charge in [0.2, 0.25) is 0 Å². The van der Waals surface area contributed by atoms with E-state index in [1.54, 1.807) is 0 Å². The molecule has 0 amide bonds. The van der Waals surface area contributed by atoms with Crippen molar-refractivity contribution in [3.05, 3.63) is 41.2 Å². The van der Waals surface area contributed by atoms with Gasteiger partial charge in [0.05, 0.1) is 11.3 Å². The zero-order chi connectivity index (χ0) is 17.3. The van der Waals surface area contributed by atoms with Gasteiger partial charge in [0.1, 0.15) is 11.6 Å². The molecule has 7 heteroatoms. The molecule has 2 aromatic rings. The van der Waals surface area contributed by atoms with Gasteiger partial charge < -0.3 is 4.98 Å². The van der Waals surface area contributed by atoms with Crippen LogP contribution in [0, 0.1) is 6.92 Å². The van der Waals surface area contributed by atoms with Crippen molar-refractivity contribution in [2.24, 2.45) is 0 Å². The van der Waals surface area contributed by atoms with Gasteiger partial charge in [-0.2, -0.15) is 13.2 Å². The number of halogens is 3. The van der Waals surface area contributed by atoms with Crippen LogP contribution in [0.2, 0.25) is 0 Å². The van der Waals surface area contributed by atoms with E-state index in [9.17, 15) is 18.0 Å². The molecule has 0 atom stereocenters. The largest absolute Gasteiger partial charge is 0.416 e. The Morgan fingerprint density at radius 3 is 2.38 bits per heavy atom. The number of Topliss-reactive ketones (excluding diaryl/α,β-unsaturated/α-hetero) is 1. The Morgan fingerprint density at radius 1 is 1.17 bits per heavy atom. The third-order valence-corrected chi connectivity index (χ3v) is 4.26. The first-order valence-electron chi connectivity index (χ1n) is 7.80. The van der Waals surface area contributed by atoms with Crippen LogP contribution < -0.4 is 0 Å². The molecule has 0 aliphatic carbocycles. The summed E-state index contributed by atoms with van der Waals surface area (Å²) in [6.45, 7) is 3.97. The van der Waals surface area contributed by atoms with Crippen molar-refractivity contribution in [3.8, 4) is 11.4 Å². The van der Waals surface area contributed by atoms with Crippen LogP contribution in [0.25, 0.3) is 11.4 Å². The zero-order valence-electron chi connectivity index (χ0n) is 13.3. The molecular weight excluding hydrogens is 319 g/mol. The molecular formula is C17H18F3N3O. The topological polar surface area (TPSA) is 49.0 Å². The maximum atomic E-state index is 12.6. The smallest absolute Gasteiger partial charge is 0.342 e. The minimum absolute atomic E-state index is 0.287. The number of alkyl halides is 3. The van der Waals surface area contributed by atoms with Gasteiger partial charge in [0.15, 0.2) is 0 Å². The molecule has 2 heterocycles. The second-order valence-corrected chi connectivity index (χ2v) is 6.05. The number of rotatable bonds is 3. The number of carbonyl (C=O) groups is 1. The average molecular weight is 337 g/mol. The standard InChI is InChI=1S/C17H18F3N3O/c1-11-15(10-23-8-6-14(24)7-9-23)22-16(21-11)12-2-4-13(5-3-12)17(18,19)20/h2-5H,6-10H2,1H3,(H,21,22). The van der Waals surface area contributed by atoms with E-state index in [0.717, 1.165) is 36.6 Å². The van der Waals surface area contributed by atoms with Crippen LogP contribution in [0.3, 0.4) is 0 Å². The van der Waals surface area contributed by atoms with Gasteiger partial charge >= 0.3 is 6.18 Å². The average Bonchev–Trinajstić information content (AvgIpc) is 2.90. The minimum atomic E-state index is -4.34. The molecule has 24 heavy (non-hydrogen) atoms. The Kier molecular flexibility index (Phi) is 4.45. The van der Waals surface area contributed by atoms with E-state index in [0.29, 0.717) is 30.8 Å². The molecule has 4 nitrogen and oxygen atoms in total.